The number of anilines is 1. The molecule has 0 atom stereocenters. The highest BCUT2D eigenvalue weighted by Gasteiger charge is 2.20. The van der Waals surface area contributed by atoms with Crippen molar-refractivity contribution < 1.29 is 4.79 Å². The number of carbonyl (C=O) groups is 1. The molecule has 24 heavy (non-hydrogen) atoms. The summed E-state index contributed by atoms with van der Waals surface area (Å²) in [7, 11) is 3.48. The summed E-state index contributed by atoms with van der Waals surface area (Å²) in [6, 6.07) is 4.63. The van der Waals surface area contributed by atoms with E-state index in [-0.39, 0.29) is 12.5 Å². The van der Waals surface area contributed by atoms with E-state index in [4.69, 9.17) is 0 Å². The quantitative estimate of drug-likeness (QED) is 0.464. The minimum Gasteiger partial charge on any atom is -0.363 e. The average Bonchev–Trinajstić information content (AvgIpc) is 3.12. The van der Waals surface area contributed by atoms with Crippen molar-refractivity contribution in [2.24, 2.45) is 4.99 Å². The molecule has 0 saturated carbocycles. The number of hydrogen-bond donors (Lipinski definition) is 2. The SMILES string of the molecule is C=CCNC(=NCC(=O)N(C)C)NC1CCN(c2cccs2)CC1. The van der Waals surface area contributed by atoms with Gasteiger partial charge in [-0.15, -0.1) is 17.9 Å². The van der Waals surface area contributed by atoms with E-state index in [1.807, 2.05) is 0 Å². The van der Waals surface area contributed by atoms with Gasteiger partial charge in [0.15, 0.2) is 5.96 Å². The Balaban J connectivity index is 1.86. The van der Waals surface area contributed by atoms with E-state index in [2.05, 4.69) is 44.6 Å². The zero-order chi connectivity index (χ0) is 17.4. The van der Waals surface area contributed by atoms with E-state index in [9.17, 15) is 4.79 Å². The zero-order valence-corrected chi connectivity index (χ0v) is 15.3. The minimum atomic E-state index is -0.0118. The lowest BCUT2D eigenvalue weighted by Gasteiger charge is -2.33. The summed E-state index contributed by atoms with van der Waals surface area (Å²) in [6.07, 6.45) is 3.88. The topological polar surface area (TPSA) is 60.0 Å². The summed E-state index contributed by atoms with van der Waals surface area (Å²) in [5.74, 6) is 0.668. The van der Waals surface area contributed by atoms with E-state index in [0.29, 0.717) is 18.5 Å². The molecular weight excluding hydrogens is 322 g/mol. The molecule has 7 heteroatoms. The predicted octanol–water partition coefficient (Wildman–Crippen LogP) is 1.53. The molecule has 2 N–H and O–H groups in total. The Hall–Kier alpha value is -2.02. The summed E-state index contributed by atoms with van der Waals surface area (Å²) in [6.45, 7) is 6.55. The van der Waals surface area contributed by atoms with Crippen molar-refractivity contribution >= 4 is 28.2 Å². The standard InChI is InChI=1S/C17H27N5OS/c1-4-9-18-17(19-13-15(23)21(2)3)20-14-7-10-22(11-8-14)16-6-5-12-24-16/h4-6,12,14H,1,7-11,13H2,2-3H3,(H2,18,19,20). The molecule has 0 unspecified atom stereocenters. The van der Waals surface area contributed by atoms with Crippen molar-refractivity contribution in [3.8, 4) is 0 Å². The van der Waals surface area contributed by atoms with Crippen LogP contribution in [0.5, 0.6) is 0 Å². The van der Waals surface area contributed by atoms with Crippen molar-refractivity contribution in [3.05, 3.63) is 30.2 Å². The van der Waals surface area contributed by atoms with Gasteiger partial charge >= 0.3 is 0 Å². The molecule has 1 aromatic heterocycles. The number of nitrogens with one attached hydrogen (secondary N) is 2. The van der Waals surface area contributed by atoms with Crippen LogP contribution in [-0.2, 0) is 4.79 Å². The normalized spacial score (nSPS) is 15.9. The molecule has 1 amide bonds. The lowest BCUT2D eigenvalue weighted by molar-refractivity contribution is -0.127. The monoisotopic (exact) mass is 349 g/mol. The number of likely N-dealkylation sites (N-methyl/N-ethyl adjacent to an activating group) is 1. The van der Waals surface area contributed by atoms with Crippen molar-refractivity contribution in [2.75, 3.05) is 45.2 Å². The molecule has 0 radical (unpaired) electrons. The first-order valence-electron chi connectivity index (χ1n) is 8.24. The third-order valence-electron chi connectivity index (χ3n) is 3.94. The third kappa shape index (κ3) is 5.56. The van der Waals surface area contributed by atoms with E-state index in [0.717, 1.165) is 25.9 Å². The number of rotatable bonds is 6. The first-order valence-corrected chi connectivity index (χ1v) is 9.12. The Morgan fingerprint density at radius 2 is 2.25 bits per heavy atom. The van der Waals surface area contributed by atoms with Gasteiger partial charge in [0.1, 0.15) is 6.54 Å². The Kier molecular flexibility index (Phi) is 7.11. The molecule has 1 saturated heterocycles. The highest BCUT2D eigenvalue weighted by atomic mass is 32.1. The van der Waals surface area contributed by atoms with Crippen molar-refractivity contribution in [1.29, 1.82) is 0 Å². The molecule has 0 aliphatic carbocycles. The summed E-state index contributed by atoms with van der Waals surface area (Å²) >= 11 is 1.79. The number of amides is 1. The van der Waals surface area contributed by atoms with Gasteiger partial charge in [0.25, 0.3) is 0 Å². The van der Waals surface area contributed by atoms with Gasteiger partial charge in [0.05, 0.1) is 5.00 Å². The summed E-state index contributed by atoms with van der Waals surface area (Å²) < 4.78 is 0. The number of piperidine rings is 1. The lowest BCUT2D eigenvalue weighted by Crippen LogP contribution is -2.49. The molecule has 0 bridgehead atoms. The Labute approximate surface area is 148 Å². The maximum absolute atomic E-state index is 11.7. The van der Waals surface area contributed by atoms with E-state index in [1.54, 1.807) is 36.4 Å². The smallest absolute Gasteiger partial charge is 0.243 e. The third-order valence-corrected chi connectivity index (χ3v) is 4.87. The predicted molar refractivity (Wildman–Crippen MR) is 102 cm³/mol. The van der Waals surface area contributed by atoms with Gasteiger partial charge in [0, 0.05) is 39.8 Å². The number of thiophene rings is 1. The van der Waals surface area contributed by atoms with Crippen LogP contribution in [-0.4, -0.2) is 63.1 Å². The molecule has 1 aliphatic rings. The molecule has 6 nitrogen and oxygen atoms in total. The van der Waals surface area contributed by atoms with Gasteiger partial charge in [-0.05, 0) is 30.4 Å². The first kappa shape index (κ1) is 18.3. The second-order valence-corrected chi connectivity index (χ2v) is 6.91. The zero-order valence-electron chi connectivity index (χ0n) is 14.5. The minimum absolute atomic E-state index is 0.0118. The van der Waals surface area contributed by atoms with Gasteiger partial charge < -0.3 is 20.4 Å². The Bertz CT molecular complexity index is 547. The van der Waals surface area contributed by atoms with Crippen LogP contribution in [0.25, 0.3) is 0 Å². The van der Waals surface area contributed by atoms with Crippen molar-refractivity contribution in [2.45, 2.75) is 18.9 Å². The molecule has 0 spiro atoms. The number of aliphatic imine (C=N–C) groups is 1. The second kappa shape index (κ2) is 9.32. The molecule has 1 fully saturated rings. The molecule has 0 aromatic carbocycles. The summed E-state index contributed by atoms with van der Waals surface area (Å²) in [5.41, 5.74) is 0. The molecule has 1 aromatic rings. The largest absolute Gasteiger partial charge is 0.363 e. The highest BCUT2D eigenvalue weighted by molar-refractivity contribution is 7.14. The van der Waals surface area contributed by atoms with E-state index < -0.39 is 0 Å². The van der Waals surface area contributed by atoms with E-state index in [1.165, 1.54) is 5.00 Å². The van der Waals surface area contributed by atoms with Crippen LogP contribution >= 0.6 is 11.3 Å². The fourth-order valence-corrected chi connectivity index (χ4v) is 3.28. The van der Waals surface area contributed by atoms with Gasteiger partial charge in [-0.1, -0.05) is 6.08 Å². The fraction of sp³-hybridized carbons (Fsp3) is 0.529. The maximum atomic E-state index is 11.7. The van der Waals surface area contributed by atoms with E-state index >= 15 is 0 Å². The summed E-state index contributed by atoms with van der Waals surface area (Å²) in [4.78, 5) is 20.1. The van der Waals surface area contributed by atoms with Gasteiger partial charge in [-0.3, -0.25) is 4.79 Å². The van der Waals surface area contributed by atoms with Crippen LogP contribution in [0.4, 0.5) is 5.00 Å². The molecule has 132 valence electrons. The summed E-state index contributed by atoms with van der Waals surface area (Å²) in [5, 5.41) is 10.1. The van der Waals surface area contributed by atoms with Crippen LogP contribution in [0.1, 0.15) is 12.8 Å². The Morgan fingerprint density at radius 3 is 2.83 bits per heavy atom. The Morgan fingerprint density at radius 1 is 1.50 bits per heavy atom. The van der Waals surface area contributed by atoms with Crippen molar-refractivity contribution in [1.82, 2.24) is 15.5 Å². The lowest BCUT2D eigenvalue weighted by atomic mass is 10.1. The van der Waals surface area contributed by atoms with Gasteiger partial charge in [-0.2, -0.15) is 0 Å². The highest BCUT2D eigenvalue weighted by Crippen LogP contribution is 2.24. The van der Waals surface area contributed by atoms with Gasteiger partial charge in [-0.25, -0.2) is 4.99 Å². The number of carbonyl (C=O) groups excluding carboxylic acids is 1. The molecule has 1 aliphatic heterocycles. The van der Waals surface area contributed by atoms with Crippen LogP contribution < -0.4 is 15.5 Å². The van der Waals surface area contributed by atoms with Crippen LogP contribution in [0.3, 0.4) is 0 Å². The molecular formula is C17H27N5OS. The van der Waals surface area contributed by atoms with Crippen LogP contribution in [0, 0.1) is 0 Å². The van der Waals surface area contributed by atoms with Crippen molar-refractivity contribution in [3.63, 3.8) is 0 Å². The number of hydrogen-bond acceptors (Lipinski definition) is 4. The fourth-order valence-electron chi connectivity index (χ4n) is 2.50. The van der Waals surface area contributed by atoms with Crippen LogP contribution in [0.15, 0.2) is 35.2 Å². The van der Waals surface area contributed by atoms with Gasteiger partial charge in [0.2, 0.25) is 5.91 Å². The van der Waals surface area contributed by atoms with Crippen LogP contribution in [0.2, 0.25) is 0 Å². The molecule has 2 rings (SSSR count). The molecule has 2 heterocycles. The number of nitrogens with zero attached hydrogens (tertiary/aromatic N) is 3. The first-order chi connectivity index (χ1) is 11.6. The second-order valence-electron chi connectivity index (χ2n) is 5.98. The maximum Gasteiger partial charge on any atom is 0.243 e. The average molecular weight is 350 g/mol. The number of guanidine groups is 1.